The minimum absolute atomic E-state index is 0.273. The Morgan fingerprint density at radius 1 is 1.56 bits per heavy atom. The third-order valence-corrected chi connectivity index (χ3v) is 3.01. The second-order valence-corrected chi connectivity index (χ2v) is 4.56. The largest absolute Gasteiger partial charge is 0.481 e. The monoisotopic (exact) mass is 251 g/mol. The summed E-state index contributed by atoms with van der Waals surface area (Å²) in [4.78, 5) is 6.64. The SMILES string of the molecule is COc1cccc(CNCC2CN(C)CCO2)n1. The number of aromatic nitrogens is 1. The lowest BCUT2D eigenvalue weighted by Gasteiger charge is -2.30. The smallest absolute Gasteiger partial charge is 0.213 e. The molecule has 0 bridgehead atoms. The van der Waals surface area contributed by atoms with Crippen LogP contribution in [0.1, 0.15) is 5.69 Å². The molecule has 1 aromatic heterocycles. The van der Waals surface area contributed by atoms with E-state index in [-0.39, 0.29) is 6.10 Å². The Kier molecular flexibility index (Phi) is 4.92. The van der Waals surface area contributed by atoms with Crippen molar-refractivity contribution in [1.82, 2.24) is 15.2 Å². The molecule has 0 aliphatic carbocycles. The molecule has 0 aromatic carbocycles. The molecule has 2 heterocycles. The quantitative estimate of drug-likeness (QED) is 0.826. The summed E-state index contributed by atoms with van der Waals surface area (Å²) in [5.74, 6) is 0.656. The zero-order valence-electron chi connectivity index (χ0n) is 11.1. The Morgan fingerprint density at radius 3 is 3.22 bits per heavy atom. The van der Waals surface area contributed by atoms with E-state index < -0.39 is 0 Å². The number of ether oxygens (including phenoxy) is 2. The van der Waals surface area contributed by atoms with Crippen LogP contribution in [0.3, 0.4) is 0 Å². The molecule has 0 radical (unpaired) electrons. The van der Waals surface area contributed by atoms with E-state index in [4.69, 9.17) is 9.47 Å². The Balaban J connectivity index is 1.74. The number of morpholine rings is 1. The van der Waals surface area contributed by atoms with Crippen molar-refractivity contribution in [3.05, 3.63) is 23.9 Å². The first-order valence-corrected chi connectivity index (χ1v) is 6.28. The van der Waals surface area contributed by atoms with E-state index >= 15 is 0 Å². The molecule has 0 spiro atoms. The van der Waals surface area contributed by atoms with Gasteiger partial charge in [0.25, 0.3) is 0 Å². The molecule has 2 rings (SSSR count). The van der Waals surface area contributed by atoms with Crippen molar-refractivity contribution in [2.24, 2.45) is 0 Å². The Labute approximate surface area is 108 Å². The van der Waals surface area contributed by atoms with Crippen LogP contribution >= 0.6 is 0 Å². The summed E-state index contributed by atoms with van der Waals surface area (Å²) in [5, 5.41) is 3.37. The molecule has 1 aliphatic rings. The lowest BCUT2D eigenvalue weighted by molar-refractivity contribution is -0.0182. The molecule has 5 nitrogen and oxygen atoms in total. The number of hydrogen-bond acceptors (Lipinski definition) is 5. The average molecular weight is 251 g/mol. The van der Waals surface area contributed by atoms with E-state index in [1.807, 2.05) is 18.2 Å². The predicted octanol–water partition coefficient (Wildman–Crippen LogP) is 0.510. The van der Waals surface area contributed by atoms with E-state index in [1.165, 1.54) is 0 Å². The highest BCUT2D eigenvalue weighted by molar-refractivity contribution is 5.15. The van der Waals surface area contributed by atoms with Crippen molar-refractivity contribution in [3.63, 3.8) is 0 Å². The Bertz CT molecular complexity index is 373. The predicted molar refractivity (Wildman–Crippen MR) is 69.7 cm³/mol. The van der Waals surface area contributed by atoms with Crippen molar-refractivity contribution < 1.29 is 9.47 Å². The highest BCUT2D eigenvalue weighted by Gasteiger charge is 2.16. The zero-order chi connectivity index (χ0) is 12.8. The Morgan fingerprint density at radius 2 is 2.44 bits per heavy atom. The van der Waals surface area contributed by atoms with Crippen molar-refractivity contribution in [2.45, 2.75) is 12.6 Å². The lowest BCUT2D eigenvalue weighted by Crippen LogP contribution is -2.44. The minimum atomic E-state index is 0.273. The maximum absolute atomic E-state index is 5.68. The molecule has 1 unspecified atom stereocenters. The first-order valence-electron chi connectivity index (χ1n) is 6.28. The van der Waals surface area contributed by atoms with Crippen LogP contribution in [0.25, 0.3) is 0 Å². The third kappa shape index (κ3) is 3.94. The van der Waals surface area contributed by atoms with Gasteiger partial charge in [0.1, 0.15) is 0 Å². The molecule has 0 amide bonds. The summed E-state index contributed by atoms with van der Waals surface area (Å²) in [7, 11) is 3.75. The van der Waals surface area contributed by atoms with E-state index in [0.29, 0.717) is 5.88 Å². The molecular formula is C13H21N3O2. The van der Waals surface area contributed by atoms with Gasteiger partial charge in [0.15, 0.2) is 0 Å². The summed E-state index contributed by atoms with van der Waals surface area (Å²) < 4.78 is 10.8. The standard InChI is InChI=1S/C13H21N3O2/c1-16-6-7-18-12(10-16)9-14-8-11-4-3-5-13(15-11)17-2/h3-5,12,14H,6-10H2,1-2H3. The molecule has 0 saturated carbocycles. The minimum Gasteiger partial charge on any atom is -0.481 e. The van der Waals surface area contributed by atoms with E-state index in [2.05, 4.69) is 22.2 Å². The van der Waals surface area contributed by atoms with Crippen LogP contribution < -0.4 is 10.1 Å². The molecule has 18 heavy (non-hydrogen) atoms. The van der Waals surface area contributed by atoms with Crippen LogP contribution in [0.4, 0.5) is 0 Å². The molecule has 5 heteroatoms. The summed E-state index contributed by atoms with van der Waals surface area (Å²) in [6, 6.07) is 5.79. The van der Waals surface area contributed by atoms with Gasteiger partial charge in [0.2, 0.25) is 5.88 Å². The number of pyridine rings is 1. The zero-order valence-corrected chi connectivity index (χ0v) is 11.1. The van der Waals surface area contributed by atoms with Crippen LogP contribution in [0.2, 0.25) is 0 Å². The summed E-state index contributed by atoms with van der Waals surface area (Å²) in [5.41, 5.74) is 0.985. The second kappa shape index (κ2) is 6.68. The number of hydrogen-bond donors (Lipinski definition) is 1. The van der Waals surface area contributed by atoms with Gasteiger partial charge in [-0.3, -0.25) is 0 Å². The van der Waals surface area contributed by atoms with Crippen LogP contribution in [0, 0.1) is 0 Å². The van der Waals surface area contributed by atoms with Crippen LogP contribution in [0.15, 0.2) is 18.2 Å². The van der Waals surface area contributed by atoms with Crippen molar-refractivity contribution in [1.29, 1.82) is 0 Å². The summed E-state index contributed by atoms with van der Waals surface area (Å²) in [6.07, 6.45) is 0.273. The normalized spacial score (nSPS) is 20.9. The number of methoxy groups -OCH3 is 1. The molecule has 100 valence electrons. The fourth-order valence-electron chi connectivity index (χ4n) is 2.02. The molecule has 1 aliphatic heterocycles. The number of nitrogens with zero attached hydrogens (tertiary/aromatic N) is 2. The van der Waals surface area contributed by atoms with Gasteiger partial charge in [-0.1, -0.05) is 6.07 Å². The van der Waals surface area contributed by atoms with E-state index in [0.717, 1.165) is 38.5 Å². The van der Waals surface area contributed by atoms with Gasteiger partial charge in [-0.2, -0.15) is 0 Å². The maximum Gasteiger partial charge on any atom is 0.213 e. The molecule has 1 N–H and O–H groups in total. The maximum atomic E-state index is 5.68. The van der Waals surface area contributed by atoms with Crippen molar-refractivity contribution in [2.75, 3.05) is 40.4 Å². The number of likely N-dealkylation sites (N-methyl/N-ethyl adjacent to an activating group) is 1. The first-order chi connectivity index (χ1) is 8.78. The second-order valence-electron chi connectivity index (χ2n) is 4.56. The topological polar surface area (TPSA) is 46.6 Å². The molecule has 1 saturated heterocycles. The fourth-order valence-corrected chi connectivity index (χ4v) is 2.02. The lowest BCUT2D eigenvalue weighted by atomic mass is 10.2. The van der Waals surface area contributed by atoms with Crippen molar-refractivity contribution in [3.8, 4) is 5.88 Å². The van der Waals surface area contributed by atoms with E-state index in [9.17, 15) is 0 Å². The van der Waals surface area contributed by atoms with Gasteiger partial charge in [-0.05, 0) is 13.1 Å². The molecular weight excluding hydrogens is 230 g/mol. The van der Waals surface area contributed by atoms with Crippen molar-refractivity contribution >= 4 is 0 Å². The third-order valence-electron chi connectivity index (χ3n) is 3.01. The van der Waals surface area contributed by atoms with Crippen LogP contribution in [-0.2, 0) is 11.3 Å². The molecule has 1 fully saturated rings. The van der Waals surface area contributed by atoms with Crippen LogP contribution in [-0.4, -0.2) is 56.4 Å². The Hall–Kier alpha value is -1.17. The molecule has 1 atom stereocenters. The van der Waals surface area contributed by atoms with Gasteiger partial charge in [0, 0.05) is 32.2 Å². The molecule has 1 aromatic rings. The van der Waals surface area contributed by atoms with Gasteiger partial charge < -0.3 is 19.7 Å². The highest BCUT2D eigenvalue weighted by atomic mass is 16.5. The highest BCUT2D eigenvalue weighted by Crippen LogP contribution is 2.06. The van der Waals surface area contributed by atoms with Gasteiger partial charge in [-0.15, -0.1) is 0 Å². The first kappa shape index (κ1) is 13.3. The fraction of sp³-hybridized carbons (Fsp3) is 0.615. The summed E-state index contributed by atoms with van der Waals surface area (Å²) in [6.45, 7) is 4.41. The van der Waals surface area contributed by atoms with Crippen LogP contribution in [0.5, 0.6) is 5.88 Å². The van der Waals surface area contributed by atoms with Gasteiger partial charge in [-0.25, -0.2) is 4.98 Å². The van der Waals surface area contributed by atoms with E-state index in [1.54, 1.807) is 7.11 Å². The summed E-state index contributed by atoms with van der Waals surface area (Å²) >= 11 is 0. The van der Waals surface area contributed by atoms with Gasteiger partial charge in [0.05, 0.1) is 25.5 Å². The van der Waals surface area contributed by atoms with Gasteiger partial charge >= 0.3 is 0 Å². The average Bonchev–Trinajstić information content (AvgIpc) is 2.39. The number of rotatable bonds is 5. The number of nitrogens with one attached hydrogen (secondary N) is 1.